The third-order valence-electron chi connectivity index (χ3n) is 2.72. The van der Waals surface area contributed by atoms with E-state index in [9.17, 15) is 4.79 Å². The number of carbonyl (C=O) groups is 1. The van der Waals surface area contributed by atoms with E-state index in [1.807, 2.05) is 13.8 Å². The van der Waals surface area contributed by atoms with Crippen LogP contribution in [0.5, 0.6) is 0 Å². The second-order valence-corrected chi connectivity index (χ2v) is 5.25. The molecule has 0 bridgehead atoms. The summed E-state index contributed by atoms with van der Waals surface area (Å²) in [4.78, 5) is 20.1. The Labute approximate surface area is 133 Å². The van der Waals surface area contributed by atoms with Gasteiger partial charge in [-0.1, -0.05) is 23.7 Å². The van der Waals surface area contributed by atoms with Crippen LogP contribution in [0, 0.1) is 0 Å². The van der Waals surface area contributed by atoms with Crippen LogP contribution in [0.15, 0.2) is 30.6 Å². The average Bonchev–Trinajstić information content (AvgIpc) is 2.48. The Hall–Kier alpha value is -2.54. The first-order valence-corrected chi connectivity index (χ1v) is 7.04. The summed E-state index contributed by atoms with van der Waals surface area (Å²) in [5.41, 5.74) is 11.8. The highest BCUT2D eigenvalue weighted by molar-refractivity contribution is 6.33. The van der Waals surface area contributed by atoms with Crippen LogP contribution >= 0.6 is 11.6 Å². The van der Waals surface area contributed by atoms with Gasteiger partial charge in [-0.2, -0.15) is 0 Å². The topological polar surface area (TPSA) is 105 Å². The summed E-state index contributed by atoms with van der Waals surface area (Å²) in [7, 11) is 0. The molecule has 0 fully saturated rings. The number of nitrogens with two attached hydrogens (primary N) is 1. The number of nitrogens with one attached hydrogen (secondary N) is 3. The molecule has 2 aromatic rings. The van der Waals surface area contributed by atoms with E-state index in [1.54, 1.807) is 24.3 Å². The summed E-state index contributed by atoms with van der Waals surface area (Å²) in [6, 6.07) is 6.90. The zero-order valence-electron chi connectivity index (χ0n) is 12.2. The summed E-state index contributed by atoms with van der Waals surface area (Å²) >= 11 is 5.97. The fraction of sp³-hybridized carbons (Fsp3) is 0.214. The van der Waals surface area contributed by atoms with E-state index in [-0.39, 0.29) is 11.9 Å². The maximum Gasteiger partial charge on any atom is 0.271 e. The van der Waals surface area contributed by atoms with Crippen LogP contribution in [0.2, 0.25) is 5.02 Å². The number of benzene rings is 1. The van der Waals surface area contributed by atoms with Crippen molar-refractivity contribution in [2.75, 3.05) is 16.5 Å². The quantitative estimate of drug-likeness (QED) is 0.630. The minimum atomic E-state index is -0.387. The molecule has 0 saturated heterocycles. The molecule has 7 nitrogen and oxygen atoms in total. The van der Waals surface area contributed by atoms with Crippen LogP contribution in [-0.4, -0.2) is 21.9 Å². The van der Waals surface area contributed by atoms with Gasteiger partial charge in [0.15, 0.2) is 11.6 Å². The zero-order chi connectivity index (χ0) is 16.1. The van der Waals surface area contributed by atoms with Gasteiger partial charge in [0.25, 0.3) is 5.91 Å². The fourth-order valence-corrected chi connectivity index (χ4v) is 1.93. The Morgan fingerprint density at radius 2 is 1.91 bits per heavy atom. The van der Waals surface area contributed by atoms with Crippen LogP contribution in [0.25, 0.3) is 0 Å². The summed E-state index contributed by atoms with van der Waals surface area (Å²) in [5.74, 6) is 0.417. The average molecular weight is 321 g/mol. The van der Waals surface area contributed by atoms with Crippen LogP contribution in [0.3, 0.4) is 0 Å². The lowest BCUT2D eigenvalue weighted by molar-refractivity contribution is 0.0962. The van der Waals surface area contributed by atoms with Crippen molar-refractivity contribution in [3.63, 3.8) is 0 Å². The van der Waals surface area contributed by atoms with Crippen molar-refractivity contribution in [1.82, 2.24) is 15.4 Å². The van der Waals surface area contributed by atoms with E-state index >= 15 is 0 Å². The molecule has 22 heavy (non-hydrogen) atoms. The van der Waals surface area contributed by atoms with Gasteiger partial charge in [0.2, 0.25) is 0 Å². The molecule has 0 aliphatic heterocycles. The van der Waals surface area contributed by atoms with Crippen molar-refractivity contribution < 1.29 is 4.79 Å². The standard InChI is InChI=1S/C14H17ClN6O/c1-8(2)19-12-11(16)13(18-7-17-12)20-21-14(22)9-5-3-4-6-10(9)15/h3-8H,16H2,1-2H3,(H,21,22)(H2,17,18,19,20). The van der Waals surface area contributed by atoms with Crippen LogP contribution in [0.4, 0.5) is 17.3 Å². The molecule has 0 spiro atoms. The highest BCUT2D eigenvalue weighted by Gasteiger charge is 2.12. The Balaban J connectivity index is 2.09. The number of hydrogen-bond acceptors (Lipinski definition) is 6. The smallest absolute Gasteiger partial charge is 0.271 e. The lowest BCUT2D eigenvalue weighted by atomic mass is 10.2. The largest absolute Gasteiger partial charge is 0.393 e. The molecule has 0 atom stereocenters. The van der Waals surface area contributed by atoms with E-state index in [0.29, 0.717) is 27.9 Å². The molecule has 1 amide bonds. The van der Waals surface area contributed by atoms with Crippen molar-refractivity contribution in [2.24, 2.45) is 0 Å². The summed E-state index contributed by atoms with van der Waals surface area (Å²) in [6.45, 7) is 3.93. The van der Waals surface area contributed by atoms with Crippen LogP contribution < -0.4 is 21.9 Å². The first-order chi connectivity index (χ1) is 10.5. The molecule has 8 heteroatoms. The molecule has 1 aromatic carbocycles. The number of hydrazine groups is 1. The first kappa shape index (κ1) is 15.8. The Kier molecular flexibility index (Phi) is 5.00. The highest BCUT2D eigenvalue weighted by atomic mass is 35.5. The molecule has 0 unspecified atom stereocenters. The zero-order valence-corrected chi connectivity index (χ0v) is 13.0. The molecule has 2 rings (SSSR count). The van der Waals surface area contributed by atoms with Crippen LogP contribution in [-0.2, 0) is 0 Å². The molecule has 1 heterocycles. The van der Waals surface area contributed by atoms with Crippen molar-refractivity contribution in [3.05, 3.63) is 41.2 Å². The maximum absolute atomic E-state index is 12.1. The third-order valence-corrected chi connectivity index (χ3v) is 3.05. The van der Waals surface area contributed by atoms with Crippen LogP contribution in [0.1, 0.15) is 24.2 Å². The van der Waals surface area contributed by atoms with Gasteiger partial charge >= 0.3 is 0 Å². The lowest BCUT2D eigenvalue weighted by Crippen LogP contribution is -2.30. The van der Waals surface area contributed by atoms with E-state index in [2.05, 4.69) is 26.1 Å². The predicted molar refractivity (Wildman–Crippen MR) is 87.7 cm³/mol. The molecule has 0 radical (unpaired) electrons. The number of carbonyl (C=O) groups excluding carboxylic acids is 1. The van der Waals surface area contributed by atoms with Gasteiger partial charge in [0.05, 0.1) is 10.6 Å². The maximum atomic E-state index is 12.1. The Bertz CT molecular complexity index is 676. The number of aromatic nitrogens is 2. The summed E-state index contributed by atoms with van der Waals surface area (Å²) in [5, 5.41) is 3.45. The minimum absolute atomic E-state index is 0.169. The van der Waals surface area contributed by atoms with Gasteiger partial charge in [-0.3, -0.25) is 15.6 Å². The number of rotatable bonds is 5. The molecule has 1 aromatic heterocycles. The summed E-state index contributed by atoms with van der Waals surface area (Å²) in [6.07, 6.45) is 1.35. The molecule has 5 N–H and O–H groups in total. The number of hydrogen-bond donors (Lipinski definition) is 4. The van der Waals surface area contributed by atoms with Gasteiger partial charge in [-0.25, -0.2) is 9.97 Å². The second kappa shape index (κ2) is 6.95. The van der Waals surface area contributed by atoms with E-state index in [1.165, 1.54) is 6.33 Å². The lowest BCUT2D eigenvalue weighted by Gasteiger charge is -2.14. The SMILES string of the molecule is CC(C)Nc1ncnc(NNC(=O)c2ccccc2Cl)c1N. The number of nitrogen functional groups attached to an aromatic ring is 1. The Morgan fingerprint density at radius 3 is 2.59 bits per heavy atom. The molecule has 0 aliphatic carbocycles. The first-order valence-electron chi connectivity index (χ1n) is 6.67. The monoisotopic (exact) mass is 320 g/mol. The molecule has 116 valence electrons. The minimum Gasteiger partial charge on any atom is -0.393 e. The Morgan fingerprint density at radius 1 is 1.23 bits per heavy atom. The third kappa shape index (κ3) is 3.76. The molecule has 0 saturated carbocycles. The normalized spacial score (nSPS) is 10.4. The van der Waals surface area contributed by atoms with Crippen molar-refractivity contribution >= 4 is 34.8 Å². The van der Waals surface area contributed by atoms with Gasteiger partial charge < -0.3 is 11.1 Å². The highest BCUT2D eigenvalue weighted by Crippen LogP contribution is 2.22. The van der Waals surface area contributed by atoms with E-state index in [4.69, 9.17) is 17.3 Å². The number of halogens is 1. The van der Waals surface area contributed by atoms with E-state index in [0.717, 1.165) is 0 Å². The van der Waals surface area contributed by atoms with E-state index < -0.39 is 0 Å². The number of anilines is 3. The number of amides is 1. The van der Waals surface area contributed by atoms with Crippen molar-refractivity contribution in [3.8, 4) is 0 Å². The van der Waals surface area contributed by atoms with Crippen molar-refractivity contribution in [2.45, 2.75) is 19.9 Å². The van der Waals surface area contributed by atoms with Gasteiger partial charge in [-0.15, -0.1) is 0 Å². The molecule has 0 aliphatic rings. The second-order valence-electron chi connectivity index (χ2n) is 4.84. The van der Waals surface area contributed by atoms with Gasteiger partial charge in [0.1, 0.15) is 12.0 Å². The summed E-state index contributed by atoms with van der Waals surface area (Å²) < 4.78 is 0. The van der Waals surface area contributed by atoms with Crippen molar-refractivity contribution in [1.29, 1.82) is 0 Å². The predicted octanol–water partition coefficient (Wildman–Crippen LogP) is 2.29. The molecular formula is C14H17ClN6O. The molecular weight excluding hydrogens is 304 g/mol. The van der Waals surface area contributed by atoms with Gasteiger partial charge in [0, 0.05) is 6.04 Å². The fourth-order valence-electron chi connectivity index (χ4n) is 1.71. The number of nitrogens with zero attached hydrogens (tertiary/aromatic N) is 2. The van der Waals surface area contributed by atoms with Gasteiger partial charge in [-0.05, 0) is 26.0 Å².